The Balaban J connectivity index is 2.05. The molecule has 3 heteroatoms. The molecule has 0 aliphatic rings. The van der Waals surface area contributed by atoms with E-state index in [-0.39, 0.29) is 18.9 Å². The third-order valence-corrected chi connectivity index (χ3v) is 3.80. The van der Waals surface area contributed by atoms with Crippen LogP contribution < -0.4 is 5.73 Å². The van der Waals surface area contributed by atoms with Crippen molar-refractivity contribution in [2.45, 2.75) is 38.8 Å². The predicted molar refractivity (Wildman–Crippen MR) is 101 cm³/mol. The van der Waals surface area contributed by atoms with E-state index in [4.69, 9.17) is 10.5 Å². The van der Waals surface area contributed by atoms with Gasteiger partial charge in [0.05, 0.1) is 0 Å². The largest absolute Gasteiger partial charge is 0.459 e. The zero-order valence-corrected chi connectivity index (χ0v) is 14.9. The lowest BCUT2D eigenvalue weighted by Crippen LogP contribution is -2.49. The molecule has 2 N–H and O–H groups in total. The summed E-state index contributed by atoms with van der Waals surface area (Å²) in [4.78, 5) is 12.6. The first-order chi connectivity index (χ1) is 12.0. The van der Waals surface area contributed by atoms with Gasteiger partial charge in [0.1, 0.15) is 12.1 Å². The Morgan fingerprint density at radius 1 is 1.08 bits per heavy atom. The maximum atomic E-state index is 12.6. The number of carbonyl (C=O) groups excluding carboxylic acids is 1. The van der Waals surface area contributed by atoms with E-state index in [9.17, 15) is 4.79 Å². The van der Waals surface area contributed by atoms with Gasteiger partial charge < -0.3 is 10.5 Å². The maximum Gasteiger partial charge on any atom is 0.327 e. The topological polar surface area (TPSA) is 52.3 Å². The molecule has 0 fully saturated rings. The Bertz CT molecular complexity index is 729. The third kappa shape index (κ3) is 6.10. The highest BCUT2D eigenvalue weighted by molar-refractivity contribution is 5.81. The highest BCUT2D eigenvalue weighted by Gasteiger charge is 2.35. The molecule has 25 heavy (non-hydrogen) atoms. The van der Waals surface area contributed by atoms with E-state index in [1.165, 1.54) is 0 Å². The number of benzene rings is 2. The van der Waals surface area contributed by atoms with Gasteiger partial charge >= 0.3 is 5.97 Å². The van der Waals surface area contributed by atoms with Crippen molar-refractivity contribution in [3.8, 4) is 11.8 Å². The summed E-state index contributed by atoms with van der Waals surface area (Å²) >= 11 is 0. The van der Waals surface area contributed by atoms with E-state index in [0.717, 1.165) is 11.1 Å². The fourth-order valence-corrected chi connectivity index (χ4v) is 2.65. The van der Waals surface area contributed by atoms with Crippen molar-refractivity contribution in [2.24, 2.45) is 11.7 Å². The standard InChI is InChI=1S/C22H25NO2/c1-18(2)16-22(23,15-9-14-19-10-5-3-6-11-19)21(24)25-17-20-12-7-4-8-13-20/h3-8,10-13,18H,15-17,23H2,1-2H3/t22-/m1/s1. The summed E-state index contributed by atoms with van der Waals surface area (Å²) in [5.74, 6) is 5.99. The van der Waals surface area contributed by atoms with Gasteiger partial charge in [0.2, 0.25) is 0 Å². The van der Waals surface area contributed by atoms with Crippen molar-refractivity contribution in [1.82, 2.24) is 0 Å². The lowest BCUT2D eigenvalue weighted by Gasteiger charge is -2.27. The lowest BCUT2D eigenvalue weighted by molar-refractivity contribution is -0.152. The van der Waals surface area contributed by atoms with E-state index < -0.39 is 11.5 Å². The molecule has 0 aromatic heterocycles. The van der Waals surface area contributed by atoms with Crippen LogP contribution in [-0.2, 0) is 16.1 Å². The highest BCUT2D eigenvalue weighted by atomic mass is 16.5. The molecule has 3 nitrogen and oxygen atoms in total. The predicted octanol–water partition coefficient (Wildman–Crippen LogP) is 3.92. The third-order valence-electron chi connectivity index (χ3n) is 3.80. The molecular weight excluding hydrogens is 310 g/mol. The molecule has 0 amide bonds. The number of hydrogen-bond acceptors (Lipinski definition) is 3. The minimum absolute atomic E-state index is 0.225. The minimum Gasteiger partial charge on any atom is -0.459 e. The number of hydrogen-bond donors (Lipinski definition) is 1. The molecule has 0 bridgehead atoms. The second kappa shape index (κ2) is 9.05. The van der Waals surface area contributed by atoms with Crippen molar-refractivity contribution in [1.29, 1.82) is 0 Å². The summed E-state index contributed by atoms with van der Waals surface area (Å²) in [7, 11) is 0. The second-order valence-electron chi connectivity index (χ2n) is 6.66. The first-order valence-corrected chi connectivity index (χ1v) is 8.53. The lowest BCUT2D eigenvalue weighted by atomic mass is 9.87. The van der Waals surface area contributed by atoms with E-state index in [0.29, 0.717) is 6.42 Å². The summed E-state index contributed by atoms with van der Waals surface area (Å²) < 4.78 is 5.47. The second-order valence-corrected chi connectivity index (χ2v) is 6.66. The summed E-state index contributed by atoms with van der Waals surface area (Å²) in [6.07, 6.45) is 0.803. The van der Waals surface area contributed by atoms with Crippen LogP contribution in [0.5, 0.6) is 0 Å². The van der Waals surface area contributed by atoms with Gasteiger partial charge in [-0.2, -0.15) is 0 Å². The average molecular weight is 335 g/mol. The highest BCUT2D eigenvalue weighted by Crippen LogP contribution is 2.20. The Kier molecular flexibility index (Phi) is 6.80. The van der Waals surface area contributed by atoms with Crippen molar-refractivity contribution >= 4 is 5.97 Å². The van der Waals surface area contributed by atoms with Gasteiger partial charge in [0.25, 0.3) is 0 Å². The molecular formula is C22H25NO2. The number of esters is 1. The SMILES string of the molecule is CC(C)C[C@](N)(CC#Cc1ccccc1)C(=O)OCc1ccccc1. The summed E-state index contributed by atoms with van der Waals surface area (Å²) in [6.45, 7) is 4.30. The zero-order valence-electron chi connectivity index (χ0n) is 14.9. The Morgan fingerprint density at radius 3 is 2.28 bits per heavy atom. The molecule has 0 heterocycles. The van der Waals surface area contributed by atoms with E-state index in [1.54, 1.807) is 0 Å². The van der Waals surface area contributed by atoms with Crippen LogP contribution in [0.1, 0.15) is 37.8 Å². The molecule has 0 spiro atoms. The van der Waals surface area contributed by atoms with Crippen LogP contribution in [0.2, 0.25) is 0 Å². The summed E-state index contributed by atoms with van der Waals surface area (Å²) in [5, 5.41) is 0. The average Bonchev–Trinajstić information content (AvgIpc) is 2.61. The van der Waals surface area contributed by atoms with Gasteiger partial charge in [-0.3, -0.25) is 4.79 Å². The number of carbonyl (C=O) groups is 1. The molecule has 0 unspecified atom stereocenters. The molecule has 0 saturated heterocycles. The molecule has 0 aliphatic carbocycles. The molecule has 0 saturated carbocycles. The van der Waals surface area contributed by atoms with Crippen LogP contribution in [0, 0.1) is 17.8 Å². The molecule has 2 aromatic rings. The van der Waals surface area contributed by atoms with Gasteiger partial charge in [0, 0.05) is 12.0 Å². The normalized spacial score (nSPS) is 12.8. The minimum atomic E-state index is -1.09. The van der Waals surface area contributed by atoms with Crippen LogP contribution in [-0.4, -0.2) is 11.5 Å². The van der Waals surface area contributed by atoms with E-state index in [1.807, 2.05) is 74.5 Å². The van der Waals surface area contributed by atoms with E-state index >= 15 is 0 Å². The number of ether oxygens (including phenoxy) is 1. The van der Waals surface area contributed by atoms with Gasteiger partial charge in [0.15, 0.2) is 0 Å². The Hall–Kier alpha value is -2.57. The smallest absolute Gasteiger partial charge is 0.327 e. The molecule has 1 atom stereocenters. The Labute approximate surface area is 150 Å². The monoisotopic (exact) mass is 335 g/mol. The van der Waals surface area contributed by atoms with Crippen LogP contribution in [0.15, 0.2) is 60.7 Å². The summed E-state index contributed by atoms with van der Waals surface area (Å²) in [6, 6.07) is 19.3. The fourth-order valence-electron chi connectivity index (χ4n) is 2.65. The molecule has 130 valence electrons. The van der Waals surface area contributed by atoms with Crippen LogP contribution in [0.3, 0.4) is 0 Å². The molecule has 0 radical (unpaired) electrons. The van der Waals surface area contributed by atoms with Crippen LogP contribution >= 0.6 is 0 Å². The van der Waals surface area contributed by atoms with Crippen molar-refractivity contribution < 1.29 is 9.53 Å². The number of nitrogens with two attached hydrogens (primary N) is 1. The van der Waals surface area contributed by atoms with Crippen molar-refractivity contribution in [3.63, 3.8) is 0 Å². The van der Waals surface area contributed by atoms with Crippen LogP contribution in [0.4, 0.5) is 0 Å². The van der Waals surface area contributed by atoms with E-state index in [2.05, 4.69) is 11.8 Å². The van der Waals surface area contributed by atoms with Gasteiger partial charge in [-0.25, -0.2) is 0 Å². The van der Waals surface area contributed by atoms with Gasteiger partial charge in [-0.1, -0.05) is 74.2 Å². The summed E-state index contributed by atoms with van der Waals surface area (Å²) in [5.41, 5.74) is 7.15. The first-order valence-electron chi connectivity index (χ1n) is 8.53. The molecule has 2 rings (SSSR count). The quantitative estimate of drug-likeness (QED) is 0.643. The van der Waals surface area contributed by atoms with Crippen molar-refractivity contribution in [3.05, 3.63) is 71.8 Å². The first kappa shape index (κ1) is 18.8. The van der Waals surface area contributed by atoms with Crippen LogP contribution in [0.25, 0.3) is 0 Å². The fraction of sp³-hybridized carbons (Fsp3) is 0.318. The molecule has 2 aromatic carbocycles. The van der Waals surface area contributed by atoms with Crippen molar-refractivity contribution in [2.75, 3.05) is 0 Å². The Morgan fingerprint density at radius 2 is 1.68 bits per heavy atom. The maximum absolute atomic E-state index is 12.6. The number of rotatable bonds is 6. The van der Waals surface area contributed by atoms with Gasteiger partial charge in [-0.15, -0.1) is 0 Å². The molecule has 0 aliphatic heterocycles. The van der Waals surface area contributed by atoms with Gasteiger partial charge in [-0.05, 0) is 30.0 Å². The zero-order chi connectivity index (χ0) is 18.1.